The van der Waals surface area contributed by atoms with Gasteiger partial charge in [-0.15, -0.1) is 0 Å². The predicted octanol–water partition coefficient (Wildman–Crippen LogP) is 3.61. The molecule has 1 aromatic rings. The lowest BCUT2D eigenvalue weighted by atomic mass is 9.71. The average Bonchev–Trinajstić information content (AvgIpc) is 2.27. The van der Waals surface area contributed by atoms with Gasteiger partial charge in [-0.25, -0.2) is 0 Å². The molecule has 0 radical (unpaired) electrons. The Kier molecular flexibility index (Phi) is 3.67. The number of hydrogen-bond donors (Lipinski definition) is 1. The van der Waals surface area contributed by atoms with Crippen molar-refractivity contribution >= 4 is 0 Å². The second kappa shape index (κ2) is 4.93. The molecule has 1 aliphatic carbocycles. The van der Waals surface area contributed by atoms with Crippen LogP contribution in [0, 0.1) is 12.8 Å². The van der Waals surface area contributed by atoms with Crippen molar-refractivity contribution in [3.63, 3.8) is 0 Å². The third-order valence-electron chi connectivity index (χ3n) is 4.22. The molecule has 2 heteroatoms. The summed E-state index contributed by atoms with van der Waals surface area (Å²) in [4.78, 5) is 0. The highest BCUT2D eigenvalue weighted by Crippen LogP contribution is 2.44. The first-order valence-corrected chi connectivity index (χ1v) is 6.82. The Morgan fingerprint density at radius 1 is 1.28 bits per heavy atom. The van der Waals surface area contributed by atoms with Gasteiger partial charge in [0.05, 0.1) is 13.2 Å². The van der Waals surface area contributed by atoms with Crippen LogP contribution in [0.25, 0.3) is 0 Å². The lowest BCUT2D eigenvalue weighted by Gasteiger charge is -2.37. The monoisotopic (exact) mass is 248 g/mol. The number of rotatable bonds is 2. The summed E-state index contributed by atoms with van der Waals surface area (Å²) in [7, 11) is 1.72. The number of aliphatic hydroxyl groups excluding tert-OH is 1. The number of aryl methyl sites for hydroxylation is 1. The molecule has 0 heterocycles. The van der Waals surface area contributed by atoms with E-state index >= 15 is 0 Å². The summed E-state index contributed by atoms with van der Waals surface area (Å²) in [6, 6.07) is 4.37. The van der Waals surface area contributed by atoms with E-state index in [0.29, 0.717) is 11.8 Å². The van der Waals surface area contributed by atoms with Gasteiger partial charge in [-0.2, -0.15) is 0 Å². The van der Waals surface area contributed by atoms with Gasteiger partial charge in [-0.3, -0.25) is 0 Å². The number of hydrogen-bond acceptors (Lipinski definition) is 2. The zero-order chi connectivity index (χ0) is 13.4. The summed E-state index contributed by atoms with van der Waals surface area (Å²) < 4.78 is 5.42. The summed E-state index contributed by atoms with van der Waals surface area (Å²) in [6.45, 7) is 8.63. The van der Waals surface area contributed by atoms with Gasteiger partial charge in [-0.05, 0) is 47.9 Å². The summed E-state index contributed by atoms with van der Waals surface area (Å²) >= 11 is 0. The SMILES string of the molecule is COc1cc2c(cc1C)[C@@H](C(C)C)[C@H](O)C[C@@H]2C. The Bertz CT molecular complexity index is 437. The molecule has 2 rings (SSSR count). The van der Waals surface area contributed by atoms with Crippen LogP contribution in [0.4, 0.5) is 0 Å². The number of benzene rings is 1. The van der Waals surface area contributed by atoms with Crippen LogP contribution in [0.5, 0.6) is 5.75 Å². The average molecular weight is 248 g/mol. The van der Waals surface area contributed by atoms with Crippen LogP contribution >= 0.6 is 0 Å². The van der Waals surface area contributed by atoms with Crippen molar-refractivity contribution < 1.29 is 9.84 Å². The van der Waals surface area contributed by atoms with E-state index in [1.807, 2.05) is 0 Å². The molecule has 0 saturated heterocycles. The third-order valence-corrected chi connectivity index (χ3v) is 4.22. The van der Waals surface area contributed by atoms with E-state index in [-0.39, 0.29) is 12.0 Å². The zero-order valence-electron chi connectivity index (χ0n) is 12.0. The molecular formula is C16H24O2. The van der Waals surface area contributed by atoms with E-state index in [4.69, 9.17) is 4.74 Å². The van der Waals surface area contributed by atoms with Gasteiger partial charge in [0.1, 0.15) is 5.75 Å². The maximum atomic E-state index is 10.3. The van der Waals surface area contributed by atoms with E-state index in [1.54, 1.807) is 7.11 Å². The molecule has 3 atom stereocenters. The summed E-state index contributed by atoms with van der Waals surface area (Å²) in [5.41, 5.74) is 3.82. The second-order valence-electron chi connectivity index (χ2n) is 5.92. The minimum absolute atomic E-state index is 0.222. The van der Waals surface area contributed by atoms with E-state index in [1.165, 1.54) is 11.1 Å². The van der Waals surface area contributed by atoms with Crippen molar-refractivity contribution in [1.29, 1.82) is 0 Å². The highest BCUT2D eigenvalue weighted by atomic mass is 16.5. The van der Waals surface area contributed by atoms with Crippen molar-refractivity contribution in [2.24, 2.45) is 5.92 Å². The fourth-order valence-electron chi connectivity index (χ4n) is 3.31. The van der Waals surface area contributed by atoms with Gasteiger partial charge in [0.15, 0.2) is 0 Å². The third kappa shape index (κ3) is 2.14. The minimum Gasteiger partial charge on any atom is -0.496 e. The number of fused-ring (bicyclic) bond motifs is 1. The van der Waals surface area contributed by atoms with E-state index < -0.39 is 0 Å². The number of methoxy groups -OCH3 is 1. The predicted molar refractivity (Wildman–Crippen MR) is 74.3 cm³/mol. The van der Waals surface area contributed by atoms with Crippen LogP contribution in [0.1, 0.15) is 55.7 Å². The Hall–Kier alpha value is -1.02. The summed E-state index contributed by atoms with van der Waals surface area (Å²) in [6.07, 6.45) is 0.627. The summed E-state index contributed by atoms with van der Waals surface area (Å²) in [5, 5.41) is 10.3. The normalized spacial score (nSPS) is 27.2. The minimum atomic E-state index is -0.222. The van der Waals surface area contributed by atoms with E-state index in [2.05, 4.69) is 39.8 Å². The number of ether oxygens (including phenoxy) is 1. The molecule has 0 spiro atoms. The molecule has 100 valence electrons. The fourth-order valence-corrected chi connectivity index (χ4v) is 3.31. The Morgan fingerprint density at radius 2 is 1.94 bits per heavy atom. The van der Waals surface area contributed by atoms with Gasteiger partial charge in [0, 0.05) is 5.92 Å². The van der Waals surface area contributed by atoms with Crippen LogP contribution in [-0.2, 0) is 0 Å². The van der Waals surface area contributed by atoms with Crippen LogP contribution in [0.15, 0.2) is 12.1 Å². The molecule has 18 heavy (non-hydrogen) atoms. The fraction of sp³-hybridized carbons (Fsp3) is 0.625. The van der Waals surface area contributed by atoms with Crippen LogP contribution < -0.4 is 4.74 Å². The zero-order valence-corrected chi connectivity index (χ0v) is 12.0. The smallest absolute Gasteiger partial charge is 0.122 e. The highest BCUT2D eigenvalue weighted by molar-refractivity contribution is 5.47. The van der Waals surface area contributed by atoms with Crippen molar-refractivity contribution in [3.8, 4) is 5.75 Å². The molecule has 0 fully saturated rings. The summed E-state index contributed by atoms with van der Waals surface area (Å²) in [5.74, 6) is 2.07. The van der Waals surface area contributed by atoms with Gasteiger partial charge in [0.25, 0.3) is 0 Å². The van der Waals surface area contributed by atoms with E-state index in [0.717, 1.165) is 17.7 Å². The van der Waals surface area contributed by atoms with Gasteiger partial charge in [-0.1, -0.05) is 26.8 Å². The van der Waals surface area contributed by atoms with Crippen LogP contribution in [0.3, 0.4) is 0 Å². The van der Waals surface area contributed by atoms with E-state index in [9.17, 15) is 5.11 Å². The van der Waals surface area contributed by atoms with Crippen LogP contribution in [0.2, 0.25) is 0 Å². The topological polar surface area (TPSA) is 29.5 Å². The van der Waals surface area contributed by atoms with Crippen molar-refractivity contribution in [2.75, 3.05) is 7.11 Å². The largest absolute Gasteiger partial charge is 0.496 e. The van der Waals surface area contributed by atoms with Crippen LogP contribution in [-0.4, -0.2) is 18.3 Å². The highest BCUT2D eigenvalue weighted by Gasteiger charge is 2.34. The molecule has 0 aromatic heterocycles. The molecule has 0 amide bonds. The molecule has 0 bridgehead atoms. The quantitative estimate of drug-likeness (QED) is 0.866. The maximum absolute atomic E-state index is 10.3. The molecule has 0 unspecified atom stereocenters. The van der Waals surface area contributed by atoms with Crippen molar-refractivity contribution in [3.05, 3.63) is 28.8 Å². The lowest BCUT2D eigenvalue weighted by Crippen LogP contribution is -2.30. The molecule has 0 aliphatic heterocycles. The van der Waals surface area contributed by atoms with Crippen molar-refractivity contribution in [1.82, 2.24) is 0 Å². The Morgan fingerprint density at radius 3 is 2.50 bits per heavy atom. The maximum Gasteiger partial charge on any atom is 0.122 e. The number of aliphatic hydroxyl groups is 1. The molecule has 1 aromatic carbocycles. The lowest BCUT2D eigenvalue weighted by molar-refractivity contribution is 0.0976. The first-order valence-electron chi connectivity index (χ1n) is 6.82. The van der Waals surface area contributed by atoms with Crippen molar-refractivity contribution in [2.45, 2.75) is 52.1 Å². The van der Waals surface area contributed by atoms with Gasteiger partial charge >= 0.3 is 0 Å². The van der Waals surface area contributed by atoms with Gasteiger partial charge < -0.3 is 9.84 Å². The molecule has 1 aliphatic rings. The Labute approximate surface area is 110 Å². The molecule has 0 saturated carbocycles. The standard InChI is InChI=1S/C16H24O2/c1-9(2)16-13-6-11(4)15(18-5)8-12(13)10(3)7-14(16)17/h6,8-10,14,16-17H,7H2,1-5H3/t10-,14+,16+/m0/s1. The second-order valence-corrected chi connectivity index (χ2v) is 5.92. The molecular weight excluding hydrogens is 224 g/mol. The molecule has 2 nitrogen and oxygen atoms in total. The first-order chi connectivity index (χ1) is 8.45. The molecule has 1 N–H and O–H groups in total. The Balaban J connectivity index is 2.56. The first kappa shape index (κ1) is 13.4. The van der Waals surface area contributed by atoms with Gasteiger partial charge in [0.2, 0.25) is 0 Å².